The molecule has 0 bridgehead atoms. The average Bonchev–Trinajstić information content (AvgIpc) is 3.42. The van der Waals surface area contributed by atoms with Crippen LogP contribution in [-0.2, 0) is 4.74 Å². The maximum atomic E-state index is 15.0. The normalized spacial score (nSPS) is 23.8. The van der Waals surface area contributed by atoms with Crippen LogP contribution < -0.4 is 20.4 Å². The molecule has 0 aromatic heterocycles. The van der Waals surface area contributed by atoms with Crippen LogP contribution >= 0.6 is 24.4 Å². The van der Waals surface area contributed by atoms with E-state index in [4.69, 9.17) is 29.2 Å². The number of nitrogens with one attached hydrogen (secondary N) is 2. The highest BCUT2D eigenvalue weighted by molar-refractivity contribution is 7.80. The van der Waals surface area contributed by atoms with Crippen molar-refractivity contribution < 1.29 is 13.9 Å². The molecule has 0 spiro atoms. The third-order valence-electron chi connectivity index (χ3n) is 5.99. The highest BCUT2D eigenvalue weighted by atomic mass is 32.1. The summed E-state index contributed by atoms with van der Waals surface area (Å²) in [5.41, 5.74) is 1.05. The highest BCUT2D eigenvalue weighted by Gasteiger charge is 2.33. The van der Waals surface area contributed by atoms with Gasteiger partial charge in [-0.15, -0.1) is 0 Å². The van der Waals surface area contributed by atoms with Gasteiger partial charge in [0, 0.05) is 26.2 Å². The molecule has 2 N–H and O–H groups in total. The molecule has 1 unspecified atom stereocenters. The number of hydrogen-bond donors (Lipinski definition) is 2. The highest BCUT2D eigenvalue weighted by Crippen LogP contribution is 2.28. The largest absolute Gasteiger partial charge is 0.442 e. The van der Waals surface area contributed by atoms with E-state index in [0.717, 1.165) is 37.5 Å². The van der Waals surface area contributed by atoms with Crippen LogP contribution in [0.4, 0.5) is 20.6 Å². The minimum absolute atomic E-state index is 0.296. The Kier molecular flexibility index (Phi) is 6.88. The molecule has 10 heteroatoms. The van der Waals surface area contributed by atoms with Crippen molar-refractivity contribution in [3.8, 4) is 0 Å². The molecule has 2 atom stereocenters. The zero-order valence-electron chi connectivity index (χ0n) is 17.6. The van der Waals surface area contributed by atoms with Gasteiger partial charge >= 0.3 is 6.09 Å². The number of nitrogens with zero attached hydrogens (tertiary/aromatic N) is 3. The van der Waals surface area contributed by atoms with Crippen molar-refractivity contribution in [2.45, 2.75) is 31.9 Å². The van der Waals surface area contributed by atoms with Crippen LogP contribution in [0.2, 0.25) is 0 Å². The summed E-state index contributed by atoms with van der Waals surface area (Å²) in [6.07, 6.45) is 1.47. The van der Waals surface area contributed by atoms with Gasteiger partial charge in [0.25, 0.3) is 0 Å². The van der Waals surface area contributed by atoms with E-state index in [-0.39, 0.29) is 11.9 Å². The maximum Gasteiger partial charge on any atom is 0.414 e. The Balaban J connectivity index is 1.35. The number of ether oxygens (including phenoxy) is 1. The Labute approximate surface area is 192 Å². The number of halogens is 1. The lowest BCUT2D eigenvalue weighted by Gasteiger charge is -2.39. The summed E-state index contributed by atoms with van der Waals surface area (Å²) < 4.78 is 20.3. The van der Waals surface area contributed by atoms with Crippen molar-refractivity contribution in [3.63, 3.8) is 0 Å². The van der Waals surface area contributed by atoms with Gasteiger partial charge in [-0.1, -0.05) is 24.4 Å². The van der Waals surface area contributed by atoms with Gasteiger partial charge in [0.2, 0.25) is 0 Å². The standard InChI is InChI=1S/C21H28FN5O2S2/c1-14(30)24-12-16-13-27(21(28)29-16)15-4-5-19(17(22)11-15)25-7-9-26(10-8-25)20(31)18-3-2-6-23-18/h4-5,11,16,18,23H,2-3,6-10,12-13H2,1H3,(H,24,30)/t16-,18?/m0/s1. The number of benzene rings is 1. The number of thiocarbonyl (C=S) groups is 2. The van der Waals surface area contributed by atoms with E-state index in [2.05, 4.69) is 15.5 Å². The molecule has 168 valence electrons. The van der Waals surface area contributed by atoms with Crippen molar-refractivity contribution in [1.29, 1.82) is 0 Å². The smallest absolute Gasteiger partial charge is 0.414 e. The van der Waals surface area contributed by atoms with Crippen molar-refractivity contribution in [2.24, 2.45) is 0 Å². The van der Waals surface area contributed by atoms with E-state index >= 15 is 0 Å². The van der Waals surface area contributed by atoms with E-state index in [1.165, 1.54) is 11.0 Å². The summed E-state index contributed by atoms with van der Waals surface area (Å²) in [6, 6.07) is 5.23. The summed E-state index contributed by atoms with van der Waals surface area (Å²) in [6.45, 7) is 6.58. The van der Waals surface area contributed by atoms with Crippen LogP contribution in [-0.4, -0.2) is 78.9 Å². The molecule has 0 radical (unpaired) electrons. The molecular weight excluding hydrogens is 437 g/mol. The van der Waals surface area contributed by atoms with Crippen molar-refractivity contribution >= 4 is 51.9 Å². The van der Waals surface area contributed by atoms with E-state index in [9.17, 15) is 9.18 Å². The van der Waals surface area contributed by atoms with Crippen LogP contribution in [0.25, 0.3) is 0 Å². The zero-order chi connectivity index (χ0) is 22.0. The first-order valence-electron chi connectivity index (χ1n) is 10.7. The minimum Gasteiger partial charge on any atom is -0.442 e. The first-order valence-corrected chi connectivity index (χ1v) is 11.5. The number of carbonyl (C=O) groups is 1. The van der Waals surface area contributed by atoms with Crippen molar-refractivity contribution in [3.05, 3.63) is 24.0 Å². The third-order valence-corrected chi connectivity index (χ3v) is 6.67. The maximum absolute atomic E-state index is 15.0. The topological polar surface area (TPSA) is 60.1 Å². The first-order chi connectivity index (χ1) is 14.9. The number of amides is 1. The second kappa shape index (κ2) is 9.62. The molecule has 3 heterocycles. The lowest BCUT2D eigenvalue weighted by Crippen LogP contribution is -2.52. The molecule has 1 aromatic rings. The van der Waals surface area contributed by atoms with Gasteiger partial charge in [-0.3, -0.25) is 4.90 Å². The van der Waals surface area contributed by atoms with Gasteiger partial charge in [0.15, 0.2) is 0 Å². The fourth-order valence-electron chi connectivity index (χ4n) is 4.30. The van der Waals surface area contributed by atoms with Crippen LogP contribution in [0.5, 0.6) is 0 Å². The summed E-state index contributed by atoms with van der Waals surface area (Å²) in [7, 11) is 0. The molecule has 0 aliphatic carbocycles. The fraction of sp³-hybridized carbons (Fsp3) is 0.571. The van der Waals surface area contributed by atoms with Crippen LogP contribution in [0.15, 0.2) is 18.2 Å². The van der Waals surface area contributed by atoms with Crippen LogP contribution in [0, 0.1) is 5.82 Å². The molecular formula is C21H28FN5O2S2. The number of carbonyl (C=O) groups excluding carboxylic acids is 1. The van der Waals surface area contributed by atoms with Crippen molar-refractivity contribution in [2.75, 3.05) is 55.6 Å². The Morgan fingerprint density at radius 1 is 1.29 bits per heavy atom. The molecule has 1 amide bonds. The summed E-state index contributed by atoms with van der Waals surface area (Å²) in [5, 5.41) is 6.45. The second-order valence-electron chi connectivity index (χ2n) is 8.15. The van der Waals surface area contributed by atoms with E-state index in [1.807, 2.05) is 4.90 Å². The molecule has 4 rings (SSSR count). The van der Waals surface area contributed by atoms with E-state index in [1.54, 1.807) is 19.1 Å². The number of anilines is 2. The predicted molar refractivity (Wildman–Crippen MR) is 128 cm³/mol. The van der Waals surface area contributed by atoms with Gasteiger partial charge in [-0.2, -0.15) is 0 Å². The summed E-state index contributed by atoms with van der Waals surface area (Å²) in [5.74, 6) is -0.338. The van der Waals surface area contributed by atoms with Crippen molar-refractivity contribution in [1.82, 2.24) is 15.5 Å². The van der Waals surface area contributed by atoms with Gasteiger partial charge in [-0.05, 0) is 44.5 Å². The first kappa shape index (κ1) is 22.2. The lowest BCUT2D eigenvalue weighted by atomic mass is 10.1. The van der Waals surface area contributed by atoms with Crippen LogP contribution in [0.1, 0.15) is 19.8 Å². The second-order valence-corrected chi connectivity index (χ2v) is 9.18. The number of cyclic esters (lactones) is 1. The zero-order valence-corrected chi connectivity index (χ0v) is 19.2. The molecule has 3 fully saturated rings. The van der Waals surface area contributed by atoms with E-state index < -0.39 is 6.09 Å². The molecule has 0 saturated carbocycles. The number of rotatable bonds is 5. The monoisotopic (exact) mass is 465 g/mol. The van der Waals surface area contributed by atoms with Gasteiger partial charge in [-0.25, -0.2) is 9.18 Å². The third kappa shape index (κ3) is 5.07. The van der Waals surface area contributed by atoms with Crippen LogP contribution in [0.3, 0.4) is 0 Å². The minimum atomic E-state index is -0.469. The Morgan fingerprint density at radius 2 is 2.06 bits per heavy atom. The number of hydrogen-bond acceptors (Lipinski definition) is 6. The molecule has 1 aromatic carbocycles. The molecule has 3 aliphatic heterocycles. The lowest BCUT2D eigenvalue weighted by molar-refractivity contribution is 0.143. The fourth-order valence-corrected chi connectivity index (χ4v) is 4.77. The molecule has 7 nitrogen and oxygen atoms in total. The molecule has 3 aliphatic rings. The van der Waals surface area contributed by atoms with E-state index in [0.29, 0.717) is 48.6 Å². The summed E-state index contributed by atoms with van der Waals surface area (Å²) >= 11 is 10.6. The predicted octanol–water partition coefficient (Wildman–Crippen LogP) is 2.29. The SMILES string of the molecule is CC(=S)NC[C@H]1CN(c2ccc(N3CCN(C(=S)C4CCCN4)CC3)c(F)c2)C(=O)O1. The van der Waals surface area contributed by atoms with Gasteiger partial charge in [0.1, 0.15) is 11.9 Å². The quantitative estimate of drug-likeness (QED) is 0.643. The Bertz CT molecular complexity index is 856. The Hall–Kier alpha value is -2.04. The summed E-state index contributed by atoms with van der Waals surface area (Å²) in [4.78, 5) is 19.6. The number of piperazine rings is 1. The average molecular weight is 466 g/mol. The molecule has 31 heavy (non-hydrogen) atoms. The molecule has 3 saturated heterocycles. The van der Waals surface area contributed by atoms with Gasteiger partial charge < -0.3 is 25.2 Å². The van der Waals surface area contributed by atoms with Gasteiger partial charge in [0.05, 0.1) is 40.5 Å². The Morgan fingerprint density at radius 3 is 2.71 bits per heavy atom.